The lowest BCUT2D eigenvalue weighted by Gasteiger charge is -2.39. The van der Waals surface area contributed by atoms with Crippen molar-refractivity contribution in [3.05, 3.63) is 29.8 Å². The van der Waals surface area contributed by atoms with Crippen molar-refractivity contribution < 1.29 is 17.9 Å². The van der Waals surface area contributed by atoms with Crippen LogP contribution >= 0.6 is 0 Å². The van der Waals surface area contributed by atoms with Gasteiger partial charge in [-0.3, -0.25) is 4.79 Å². The van der Waals surface area contributed by atoms with Crippen molar-refractivity contribution in [1.82, 2.24) is 9.21 Å². The Hall–Kier alpha value is -1.44. The lowest BCUT2D eigenvalue weighted by molar-refractivity contribution is -0.0440. The molecule has 0 N–H and O–H groups in total. The van der Waals surface area contributed by atoms with Crippen molar-refractivity contribution in [2.75, 3.05) is 13.1 Å². The monoisotopic (exact) mass is 394 g/mol. The van der Waals surface area contributed by atoms with Gasteiger partial charge < -0.3 is 9.64 Å². The van der Waals surface area contributed by atoms with Crippen molar-refractivity contribution in [2.45, 2.75) is 76.1 Å². The first-order chi connectivity index (χ1) is 12.7. The Balaban J connectivity index is 1.79. The minimum atomic E-state index is -3.59. The minimum Gasteiger partial charge on any atom is -0.373 e. The van der Waals surface area contributed by atoms with E-state index in [9.17, 15) is 13.2 Å². The van der Waals surface area contributed by atoms with Gasteiger partial charge in [0.05, 0.1) is 17.1 Å². The molecule has 2 saturated heterocycles. The number of carbonyl (C=O) groups is 1. The summed E-state index contributed by atoms with van der Waals surface area (Å²) in [6.45, 7) is 8.59. The number of piperidine rings is 1. The topological polar surface area (TPSA) is 66.9 Å². The van der Waals surface area contributed by atoms with Crippen LogP contribution in [0.25, 0.3) is 0 Å². The Bertz CT molecular complexity index is 758. The van der Waals surface area contributed by atoms with Gasteiger partial charge in [0.25, 0.3) is 5.91 Å². The molecule has 0 aromatic heterocycles. The van der Waals surface area contributed by atoms with E-state index in [4.69, 9.17) is 4.74 Å². The first kappa shape index (κ1) is 20.3. The van der Waals surface area contributed by atoms with Crippen LogP contribution in [0.4, 0.5) is 0 Å². The van der Waals surface area contributed by atoms with Crippen molar-refractivity contribution >= 4 is 15.9 Å². The number of morpholine rings is 1. The van der Waals surface area contributed by atoms with Crippen LogP contribution in [0.3, 0.4) is 0 Å². The van der Waals surface area contributed by atoms with E-state index in [2.05, 4.69) is 13.8 Å². The molecule has 0 aliphatic carbocycles. The first-order valence-corrected chi connectivity index (χ1v) is 11.2. The summed E-state index contributed by atoms with van der Waals surface area (Å²) >= 11 is 0. The van der Waals surface area contributed by atoms with Gasteiger partial charge in [-0.2, -0.15) is 4.31 Å². The van der Waals surface area contributed by atoms with E-state index in [-0.39, 0.29) is 35.1 Å². The van der Waals surface area contributed by atoms with Crippen LogP contribution in [0.5, 0.6) is 0 Å². The van der Waals surface area contributed by atoms with Crippen LogP contribution in [-0.4, -0.2) is 60.9 Å². The normalized spacial score (nSPS) is 30.3. The summed E-state index contributed by atoms with van der Waals surface area (Å²) in [6, 6.07) is 6.79. The van der Waals surface area contributed by atoms with Gasteiger partial charge in [0, 0.05) is 30.7 Å². The molecule has 7 heteroatoms. The highest BCUT2D eigenvalue weighted by atomic mass is 32.2. The van der Waals surface area contributed by atoms with E-state index >= 15 is 0 Å². The molecule has 3 rings (SSSR count). The SMILES string of the molecule is C[C@@H]1CN(S(=O)(=O)c2ccc(C(=O)N3[C@@H](C)CCC[C@@H]3C)cc2)C[C@H](C)O1. The lowest BCUT2D eigenvalue weighted by atomic mass is 9.96. The van der Waals surface area contributed by atoms with Crippen molar-refractivity contribution in [2.24, 2.45) is 0 Å². The Kier molecular flexibility index (Phi) is 5.93. The molecule has 1 aromatic carbocycles. The zero-order chi connectivity index (χ0) is 19.8. The molecule has 27 heavy (non-hydrogen) atoms. The highest BCUT2D eigenvalue weighted by Crippen LogP contribution is 2.26. The summed E-state index contributed by atoms with van der Waals surface area (Å²) in [5, 5.41) is 0. The standard InChI is InChI=1S/C20H30N2O4S/c1-14-6-5-7-15(2)22(14)20(23)18-8-10-19(11-9-18)27(24,25)21-12-16(3)26-17(4)13-21/h8-11,14-17H,5-7,12-13H2,1-4H3/t14-,15-,16-,17+/m0/s1. The Morgan fingerprint density at radius 3 is 2.00 bits per heavy atom. The van der Waals surface area contributed by atoms with Gasteiger partial charge in [-0.05, 0) is 71.2 Å². The molecule has 2 heterocycles. The van der Waals surface area contributed by atoms with E-state index in [0.717, 1.165) is 19.3 Å². The van der Waals surface area contributed by atoms with Crippen molar-refractivity contribution in [3.63, 3.8) is 0 Å². The number of benzene rings is 1. The first-order valence-electron chi connectivity index (χ1n) is 9.78. The number of sulfonamides is 1. The molecule has 0 radical (unpaired) electrons. The minimum absolute atomic E-state index is 0.0211. The highest BCUT2D eigenvalue weighted by molar-refractivity contribution is 7.89. The van der Waals surface area contributed by atoms with E-state index in [1.165, 1.54) is 4.31 Å². The van der Waals surface area contributed by atoms with E-state index in [0.29, 0.717) is 18.7 Å². The number of ether oxygens (including phenoxy) is 1. The number of amides is 1. The predicted molar refractivity (Wildman–Crippen MR) is 104 cm³/mol. The number of carbonyl (C=O) groups excluding carboxylic acids is 1. The molecule has 150 valence electrons. The second kappa shape index (κ2) is 7.89. The molecule has 4 atom stereocenters. The molecule has 0 spiro atoms. The number of likely N-dealkylation sites (tertiary alicyclic amines) is 1. The Labute approximate surface area is 162 Å². The number of nitrogens with zero attached hydrogens (tertiary/aromatic N) is 2. The van der Waals surface area contributed by atoms with Crippen LogP contribution in [-0.2, 0) is 14.8 Å². The number of hydrogen-bond donors (Lipinski definition) is 0. The van der Waals surface area contributed by atoms with Crippen LogP contribution < -0.4 is 0 Å². The second-order valence-corrected chi connectivity index (χ2v) is 9.88. The molecule has 2 fully saturated rings. The van der Waals surface area contributed by atoms with E-state index in [1.807, 2.05) is 18.7 Å². The zero-order valence-corrected chi connectivity index (χ0v) is 17.4. The molecule has 0 unspecified atom stereocenters. The predicted octanol–water partition coefficient (Wildman–Crippen LogP) is 2.89. The van der Waals surface area contributed by atoms with Gasteiger partial charge in [0.15, 0.2) is 0 Å². The summed E-state index contributed by atoms with van der Waals surface area (Å²) in [5.41, 5.74) is 0.540. The number of rotatable bonds is 3. The summed E-state index contributed by atoms with van der Waals surface area (Å²) in [4.78, 5) is 15.1. The quantitative estimate of drug-likeness (QED) is 0.791. The van der Waals surface area contributed by atoms with Gasteiger partial charge in [-0.1, -0.05) is 0 Å². The summed E-state index contributed by atoms with van der Waals surface area (Å²) in [7, 11) is -3.59. The summed E-state index contributed by atoms with van der Waals surface area (Å²) in [6.07, 6.45) is 2.89. The van der Waals surface area contributed by atoms with Gasteiger partial charge in [0.1, 0.15) is 0 Å². The average molecular weight is 395 g/mol. The van der Waals surface area contributed by atoms with Gasteiger partial charge in [-0.15, -0.1) is 0 Å². The fraction of sp³-hybridized carbons (Fsp3) is 0.650. The molecule has 2 aliphatic rings. The zero-order valence-electron chi connectivity index (χ0n) is 16.6. The van der Waals surface area contributed by atoms with Gasteiger partial charge in [0.2, 0.25) is 10.0 Å². The van der Waals surface area contributed by atoms with Gasteiger partial charge >= 0.3 is 0 Å². The molecule has 2 aliphatic heterocycles. The molecular weight excluding hydrogens is 364 g/mol. The smallest absolute Gasteiger partial charge is 0.254 e. The lowest BCUT2D eigenvalue weighted by Crippen LogP contribution is -2.48. The average Bonchev–Trinajstić information content (AvgIpc) is 2.60. The third-order valence-electron chi connectivity index (χ3n) is 5.55. The summed E-state index contributed by atoms with van der Waals surface area (Å²) < 4.78 is 33.0. The molecule has 0 bridgehead atoms. The number of hydrogen-bond acceptors (Lipinski definition) is 4. The second-order valence-electron chi connectivity index (χ2n) is 7.95. The van der Waals surface area contributed by atoms with Gasteiger partial charge in [-0.25, -0.2) is 8.42 Å². The largest absolute Gasteiger partial charge is 0.373 e. The van der Waals surface area contributed by atoms with Crippen LogP contribution in [0.1, 0.15) is 57.3 Å². The van der Waals surface area contributed by atoms with Crippen LogP contribution in [0.15, 0.2) is 29.2 Å². The third kappa shape index (κ3) is 4.20. The highest BCUT2D eigenvalue weighted by Gasteiger charge is 2.33. The third-order valence-corrected chi connectivity index (χ3v) is 7.40. The van der Waals surface area contributed by atoms with Crippen LogP contribution in [0.2, 0.25) is 0 Å². The molecule has 1 amide bonds. The molecule has 0 saturated carbocycles. The van der Waals surface area contributed by atoms with Crippen molar-refractivity contribution in [1.29, 1.82) is 0 Å². The fourth-order valence-electron chi connectivity index (χ4n) is 4.22. The Morgan fingerprint density at radius 1 is 0.963 bits per heavy atom. The molecule has 1 aromatic rings. The maximum Gasteiger partial charge on any atom is 0.254 e. The Morgan fingerprint density at radius 2 is 1.48 bits per heavy atom. The maximum atomic E-state index is 12.9. The summed E-state index contributed by atoms with van der Waals surface area (Å²) in [5.74, 6) is -0.0211. The van der Waals surface area contributed by atoms with E-state index < -0.39 is 10.0 Å². The van der Waals surface area contributed by atoms with E-state index in [1.54, 1.807) is 24.3 Å². The van der Waals surface area contributed by atoms with Crippen molar-refractivity contribution in [3.8, 4) is 0 Å². The van der Waals surface area contributed by atoms with Crippen LogP contribution in [0, 0.1) is 0 Å². The fourth-order valence-corrected chi connectivity index (χ4v) is 5.81. The molecule has 6 nitrogen and oxygen atoms in total. The molecular formula is C20H30N2O4S. The maximum absolute atomic E-state index is 12.9.